The van der Waals surface area contributed by atoms with Crippen LogP contribution in [0, 0.1) is 0 Å². The Balaban J connectivity index is 1.89. The Morgan fingerprint density at radius 1 is 1.12 bits per heavy atom. The second-order valence-corrected chi connectivity index (χ2v) is 7.10. The zero-order valence-electron chi connectivity index (χ0n) is 14.0. The lowest BCUT2D eigenvalue weighted by Gasteiger charge is -2.14. The summed E-state index contributed by atoms with van der Waals surface area (Å²) in [5.41, 5.74) is 1.18. The van der Waals surface area contributed by atoms with E-state index in [9.17, 15) is 4.79 Å². The van der Waals surface area contributed by atoms with Crippen LogP contribution in [0.25, 0.3) is 16.6 Å². The highest BCUT2D eigenvalue weighted by molar-refractivity contribution is 7.98. The molecular weight excluding hydrogens is 368 g/mol. The van der Waals surface area contributed by atoms with Crippen LogP contribution in [0.3, 0.4) is 0 Å². The number of para-hydroxylation sites is 2. The fourth-order valence-electron chi connectivity index (χ4n) is 2.78. The molecule has 0 saturated heterocycles. The van der Waals surface area contributed by atoms with Crippen LogP contribution < -0.4 is 5.56 Å². The van der Waals surface area contributed by atoms with Crippen molar-refractivity contribution >= 4 is 34.3 Å². The molecule has 0 saturated carbocycles. The topological polar surface area (TPSA) is 52.7 Å². The summed E-state index contributed by atoms with van der Waals surface area (Å²) in [6.07, 6.45) is 3.63. The fourth-order valence-corrected chi connectivity index (χ4v) is 3.85. The van der Waals surface area contributed by atoms with Crippen molar-refractivity contribution < 1.29 is 0 Å². The van der Waals surface area contributed by atoms with Gasteiger partial charge in [0.25, 0.3) is 5.56 Å². The molecule has 0 aliphatic carbocycles. The maximum atomic E-state index is 13.2. The molecule has 0 unspecified atom stereocenters. The molecular formula is C19H15ClN4OS. The van der Waals surface area contributed by atoms with Gasteiger partial charge >= 0.3 is 0 Å². The van der Waals surface area contributed by atoms with E-state index in [0.29, 0.717) is 33.2 Å². The molecule has 5 nitrogen and oxygen atoms in total. The van der Waals surface area contributed by atoms with Gasteiger partial charge in [-0.3, -0.25) is 9.36 Å². The lowest BCUT2D eigenvalue weighted by molar-refractivity contribution is 0.787. The quantitative estimate of drug-likeness (QED) is 0.499. The predicted octanol–water partition coefficient (Wildman–Crippen LogP) is 4.06. The van der Waals surface area contributed by atoms with Crippen LogP contribution in [0.4, 0.5) is 0 Å². The highest BCUT2D eigenvalue weighted by atomic mass is 35.5. The first-order valence-electron chi connectivity index (χ1n) is 8.01. The first-order chi connectivity index (χ1) is 12.6. The van der Waals surface area contributed by atoms with Gasteiger partial charge in [0.15, 0.2) is 5.16 Å². The van der Waals surface area contributed by atoms with Crippen LogP contribution in [0.1, 0.15) is 5.82 Å². The van der Waals surface area contributed by atoms with Gasteiger partial charge in [-0.15, -0.1) is 0 Å². The van der Waals surface area contributed by atoms with E-state index in [4.69, 9.17) is 16.6 Å². The minimum atomic E-state index is -0.126. The molecule has 0 fully saturated rings. The highest BCUT2D eigenvalue weighted by Crippen LogP contribution is 2.25. The smallest absolute Gasteiger partial charge is 0.266 e. The fraction of sp³-hybridized carbons (Fsp3) is 0.105. The minimum absolute atomic E-state index is 0.126. The van der Waals surface area contributed by atoms with Crippen LogP contribution in [0.2, 0.25) is 5.02 Å². The molecule has 0 spiro atoms. The Morgan fingerprint density at radius 2 is 1.88 bits per heavy atom. The average Bonchev–Trinajstić information content (AvgIpc) is 3.06. The average molecular weight is 383 g/mol. The highest BCUT2D eigenvalue weighted by Gasteiger charge is 2.15. The third-order valence-electron chi connectivity index (χ3n) is 4.05. The zero-order valence-corrected chi connectivity index (χ0v) is 15.5. The number of fused-ring (bicyclic) bond motifs is 1. The zero-order chi connectivity index (χ0) is 18.1. The van der Waals surface area contributed by atoms with Crippen LogP contribution in [-0.4, -0.2) is 19.1 Å². The van der Waals surface area contributed by atoms with E-state index in [2.05, 4.69) is 4.98 Å². The molecule has 0 amide bonds. The van der Waals surface area contributed by atoms with E-state index in [0.717, 1.165) is 5.16 Å². The van der Waals surface area contributed by atoms with Gasteiger partial charge in [0.2, 0.25) is 0 Å². The van der Waals surface area contributed by atoms with E-state index >= 15 is 0 Å². The summed E-state index contributed by atoms with van der Waals surface area (Å²) in [6.45, 7) is 0. The van der Waals surface area contributed by atoms with Gasteiger partial charge in [-0.05, 0) is 24.3 Å². The number of hydrogen-bond acceptors (Lipinski definition) is 4. The third kappa shape index (κ3) is 3.02. The van der Waals surface area contributed by atoms with Crippen LogP contribution in [-0.2, 0) is 12.8 Å². The number of benzene rings is 2. The number of aromatic nitrogens is 4. The molecule has 0 atom stereocenters. The molecule has 0 bridgehead atoms. The van der Waals surface area contributed by atoms with E-state index in [1.54, 1.807) is 22.9 Å². The molecule has 26 heavy (non-hydrogen) atoms. The van der Waals surface area contributed by atoms with E-state index in [-0.39, 0.29) is 5.56 Å². The molecule has 0 aliphatic heterocycles. The van der Waals surface area contributed by atoms with Crippen LogP contribution in [0.5, 0.6) is 0 Å². The first-order valence-corrected chi connectivity index (χ1v) is 9.37. The number of nitrogens with zero attached hydrogens (tertiary/aromatic N) is 4. The van der Waals surface area contributed by atoms with Gasteiger partial charge in [-0.25, -0.2) is 9.97 Å². The molecule has 0 aliphatic rings. The van der Waals surface area contributed by atoms with Crippen LogP contribution >= 0.6 is 23.4 Å². The normalized spacial score (nSPS) is 11.2. The van der Waals surface area contributed by atoms with E-state index < -0.39 is 0 Å². The molecule has 4 aromatic rings. The maximum absolute atomic E-state index is 13.2. The van der Waals surface area contributed by atoms with Crippen molar-refractivity contribution in [2.75, 3.05) is 0 Å². The summed E-state index contributed by atoms with van der Waals surface area (Å²) in [6, 6.07) is 14.7. The van der Waals surface area contributed by atoms with Gasteiger partial charge < -0.3 is 4.57 Å². The van der Waals surface area contributed by atoms with Gasteiger partial charge in [-0.2, -0.15) is 0 Å². The first kappa shape index (κ1) is 16.9. The SMILES string of the molecule is Cn1ccnc1SCc1nc2ccccc2c(=O)n1-c1ccccc1Cl. The molecule has 130 valence electrons. The van der Waals surface area contributed by atoms with Gasteiger partial charge in [0.05, 0.1) is 27.4 Å². The van der Waals surface area contributed by atoms with Gasteiger partial charge in [-0.1, -0.05) is 47.6 Å². The maximum Gasteiger partial charge on any atom is 0.266 e. The minimum Gasteiger partial charge on any atom is -0.329 e. The van der Waals surface area contributed by atoms with Crippen molar-refractivity contribution in [3.05, 3.63) is 82.1 Å². The largest absolute Gasteiger partial charge is 0.329 e. The summed E-state index contributed by atoms with van der Waals surface area (Å²) < 4.78 is 3.53. The standard InChI is InChI=1S/C19H15ClN4OS/c1-23-11-10-21-19(23)26-12-17-22-15-8-4-2-6-13(15)18(25)24(17)16-9-5-3-7-14(16)20/h2-11H,12H2,1H3. The molecule has 0 N–H and O–H groups in total. The van der Waals surface area contributed by atoms with Crippen molar-refractivity contribution in [3.63, 3.8) is 0 Å². The van der Waals surface area contributed by atoms with E-state index in [1.807, 2.05) is 54.2 Å². The Hall–Kier alpha value is -2.57. The Morgan fingerprint density at radius 3 is 2.65 bits per heavy atom. The summed E-state index contributed by atoms with van der Waals surface area (Å²) in [7, 11) is 1.93. The Kier molecular flexibility index (Phi) is 4.53. The van der Waals surface area contributed by atoms with E-state index in [1.165, 1.54) is 11.8 Å². The molecule has 7 heteroatoms. The predicted molar refractivity (Wildman–Crippen MR) is 105 cm³/mol. The van der Waals surface area contributed by atoms with Crippen molar-refractivity contribution in [3.8, 4) is 5.69 Å². The third-order valence-corrected chi connectivity index (χ3v) is 5.42. The number of rotatable bonds is 4. The molecule has 0 radical (unpaired) electrons. The summed E-state index contributed by atoms with van der Waals surface area (Å²) in [5, 5.41) is 1.94. The second kappa shape index (κ2) is 6.97. The van der Waals surface area contributed by atoms with Crippen molar-refractivity contribution in [1.82, 2.24) is 19.1 Å². The molecule has 2 heterocycles. The summed E-state index contributed by atoms with van der Waals surface area (Å²) in [5.74, 6) is 1.13. The lowest BCUT2D eigenvalue weighted by Crippen LogP contribution is -2.24. The number of imidazole rings is 1. The van der Waals surface area contributed by atoms with Crippen molar-refractivity contribution in [2.45, 2.75) is 10.9 Å². The summed E-state index contributed by atoms with van der Waals surface area (Å²) >= 11 is 7.89. The number of aryl methyl sites for hydroxylation is 1. The summed E-state index contributed by atoms with van der Waals surface area (Å²) in [4.78, 5) is 22.2. The number of halogens is 1. The lowest BCUT2D eigenvalue weighted by atomic mass is 10.2. The second-order valence-electron chi connectivity index (χ2n) is 5.75. The molecule has 4 rings (SSSR count). The van der Waals surface area contributed by atoms with Gasteiger partial charge in [0.1, 0.15) is 5.82 Å². The van der Waals surface area contributed by atoms with Gasteiger partial charge in [0, 0.05) is 19.4 Å². The van der Waals surface area contributed by atoms with Crippen molar-refractivity contribution in [2.24, 2.45) is 7.05 Å². The molecule has 2 aromatic heterocycles. The Bertz CT molecular complexity index is 1150. The number of hydrogen-bond donors (Lipinski definition) is 0. The number of thioether (sulfide) groups is 1. The monoisotopic (exact) mass is 382 g/mol. The molecule has 2 aromatic carbocycles. The Labute approximate surface area is 159 Å². The van der Waals surface area contributed by atoms with Crippen molar-refractivity contribution in [1.29, 1.82) is 0 Å². The van der Waals surface area contributed by atoms with Crippen LogP contribution in [0.15, 0.2) is 70.9 Å².